The maximum Gasteiger partial charge on any atom is 0.142 e. The zero-order valence-corrected chi connectivity index (χ0v) is 9.64. The number of hydrogen-bond acceptors (Lipinski definition) is 4. The summed E-state index contributed by atoms with van der Waals surface area (Å²) in [5, 5.41) is 4.13. The minimum atomic E-state index is 0.0242. The minimum absolute atomic E-state index is 0.0242. The van der Waals surface area contributed by atoms with Crippen LogP contribution in [-0.2, 0) is 6.42 Å². The van der Waals surface area contributed by atoms with Crippen molar-refractivity contribution in [3.05, 3.63) is 35.6 Å². The van der Waals surface area contributed by atoms with Gasteiger partial charge in [-0.15, -0.1) is 0 Å². The molecule has 1 aliphatic carbocycles. The maximum absolute atomic E-state index is 6.08. The zero-order chi connectivity index (χ0) is 11.8. The first kappa shape index (κ1) is 10.4. The van der Waals surface area contributed by atoms with Gasteiger partial charge in [0.05, 0.1) is 7.11 Å². The molecule has 0 amide bonds. The van der Waals surface area contributed by atoms with Gasteiger partial charge in [0.15, 0.2) is 0 Å². The smallest absolute Gasteiger partial charge is 0.142 e. The molecule has 1 atom stereocenters. The summed E-state index contributed by atoms with van der Waals surface area (Å²) in [6.45, 7) is 0. The molecule has 1 aromatic heterocycles. The van der Waals surface area contributed by atoms with Crippen LogP contribution in [-0.4, -0.2) is 12.3 Å². The van der Waals surface area contributed by atoms with Gasteiger partial charge >= 0.3 is 0 Å². The van der Waals surface area contributed by atoms with Crippen LogP contribution in [0.4, 0.5) is 0 Å². The molecular weight excluding hydrogens is 216 g/mol. The summed E-state index contributed by atoms with van der Waals surface area (Å²) in [6, 6.07) is 7.80. The van der Waals surface area contributed by atoms with Crippen molar-refractivity contribution < 1.29 is 9.26 Å². The molecule has 0 saturated heterocycles. The quantitative estimate of drug-likeness (QED) is 0.859. The van der Waals surface area contributed by atoms with E-state index in [0.717, 1.165) is 41.2 Å². The predicted octanol–water partition coefficient (Wildman–Crippen LogP) is 2.30. The summed E-state index contributed by atoms with van der Waals surface area (Å²) in [6.07, 6.45) is 1.80. The number of benzene rings is 1. The van der Waals surface area contributed by atoms with Crippen molar-refractivity contribution in [2.45, 2.75) is 18.9 Å². The van der Waals surface area contributed by atoms with Crippen LogP contribution in [0.5, 0.6) is 5.75 Å². The first-order valence-corrected chi connectivity index (χ1v) is 5.68. The second-order valence-corrected chi connectivity index (χ2v) is 4.21. The molecule has 1 aromatic carbocycles. The third-order valence-electron chi connectivity index (χ3n) is 3.22. The van der Waals surface area contributed by atoms with Gasteiger partial charge in [-0.25, -0.2) is 0 Å². The lowest BCUT2D eigenvalue weighted by Gasteiger charge is -2.08. The molecular formula is C13H14N2O2. The Morgan fingerprint density at radius 1 is 1.41 bits per heavy atom. The Kier molecular flexibility index (Phi) is 2.37. The lowest BCUT2D eigenvalue weighted by atomic mass is 10.0. The van der Waals surface area contributed by atoms with Crippen LogP contribution in [0.1, 0.15) is 23.8 Å². The molecule has 3 rings (SSSR count). The van der Waals surface area contributed by atoms with E-state index in [1.165, 1.54) is 0 Å². The number of aryl methyl sites for hydroxylation is 1. The van der Waals surface area contributed by atoms with E-state index in [9.17, 15) is 0 Å². The number of fused-ring (bicyclic) bond motifs is 1. The summed E-state index contributed by atoms with van der Waals surface area (Å²) in [7, 11) is 1.65. The topological polar surface area (TPSA) is 61.3 Å². The third kappa shape index (κ3) is 1.52. The van der Waals surface area contributed by atoms with Gasteiger partial charge in [0, 0.05) is 23.6 Å². The van der Waals surface area contributed by atoms with Crippen molar-refractivity contribution in [3.8, 4) is 17.0 Å². The fraction of sp³-hybridized carbons (Fsp3) is 0.308. The SMILES string of the molecule is COc1ccccc1-c1noc2c1C(N)CC2. The van der Waals surface area contributed by atoms with Gasteiger partial charge in [0.1, 0.15) is 17.2 Å². The van der Waals surface area contributed by atoms with E-state index in [2.05, 4.69) is 5.16 Å². The summed E-state index contributed by atoms with van der Waals surface area (Å²) in [5.74, 6) is 1.71. The fourth-order valence-corrected chi connectivity index (χ4v) is 2.36. The second-order valence-electron chi connectivity index (χ2n) is 4.21. The highest BCUT2D eigenvalue weighted by Gasteiger charge is 2.29. The number of nitrogens with two attached hydrogens (primary N) is 1. The standard InChI is InChI=1S/C13H14N2O2/c1-16-10-5-3-2-4-8(10)13-12-9(14)6-7-11(12)17-15-13/h2-5,9H,6-7,14H2,1H3. The highest BCUT2D eigenvalue weighted by molar-refractivity contribution is 5.71. The van der Waals surface area contributed by atoms with Crippen molar-refractivity contribution in [3.63, 3.8) is 0 Å². The average molecular weight is 230 g/mol. The number of aromatic nitrogens is 1. The highest BCUT2D eigenvalue weighted by atomic mass is 16.5. The minimum Gasteiger partial charge on any atom is -0.496 e. The summed E-state index contributed by atoms with van der Waals surface area (Å²) >= 11 is 0. The largest absolute Gasteiger partial charge is 0.496 e. The lowest BCUT2D eigenvalue weighted by molar-refractivity contribution is 0.386. The molecule has 0 radical (unpaired) electrons. The fourth-order valence-electron chi connectivity index (χ4n) is 2.36. The molecule has 0 bridgehead atoms. The normalized spacial score (nSPS) is 18.1. The number of methoxy groups -OCH3 is 1. The molecule has 0 fully saturated rings. The van der Waals surface area contributed by atoms with Gasteiger partial charge in [0.2, 0.25) is 0 Å². The number of ether oxygens (including phenoxy) is 1. The third-order valence-corrected chi connectivity index (χ3v) is 3.22. The van der Waals surface area contributed by atoms with Crippen LogP contribution in [0.2, 0.25) is 0 Å². The molecule has 2 aromatic rings. The van der Waals surface area contributed by atoms with Gasteiger partial charge in [-0.05, 0) is 18.6 Å². The molecule has 0 spiro atoms. The van der Waals surface area contributed by atoms with E-state index in [4.69, 9.17) is 15.0 Å². The van der Waals surface area contributed by atoms with E-state index in [-0.39, 0.29) is 6.04 Å². The Morgan fingerprint density at radius 3 is 3.06 bits per heavy atom. The number of para-hydroxylation sites is 1. The van der Waals surface area contributed by atoms with Crippen molar-refractivity contribution in [2.24, 2.45) is 5.73 Å². The van der Waals surface area contributed by atoms with Crippen LogP contribution in [0.25, 0.3) is 11.3 Å². The molecule has 1 unspecified atom stereocenters. The van der Waals surface area contributed by atoms with E-state index >= 15 is 0 Å². The van der Waals surface area contributed by atoms with Crippen molar-refractivity contribution in [1.82, 2.24) is 5.16 Å². The van der Waals surface area contributed by atoms with E-state index in [0.29, 0.717) is 0 Å². The molecule has 17 heavy (non-hydrogen) atoms. The van der Waals surface area contributed by atoms with Crippen LogP contribution in [0.15, 0.2) is 28.8 Å². The van der Waals surface area contributed by atoms with Crippen molar-refractivity contribution >= 4 is 0 Å². The predicted molar refractivity (Wildman–Crippen MR) is 63.7 cm³/mol. The summed E-state index contributed by atoms with van der Waals surface area (Å²) in [4.78, 5) is 0. The summed E-state index contributed by atoms with van der Waals surface area (Å²) < 4.78 is 10.7. The Morgan fingerprint density at radius 2 is 2.24 bits per heavy atom. The molecule has 1 heterocycles. The number of hydrogen-bond donors (Lipinski definition) is 1. The molecule has 1 aliphatic rings. The first-order valence-electron chi connectivity index (χ1n) is 5.68. The van der Waals surface area contributed by atoms with E-state index < -0.39 is 0 Å². The van der Waals surface area contributed by atoms with Gasteiger partial charge in [-0.3, -0.25) is 0 Å². The average Bonchev–Trinajstić information content (AvgIpc) is 2.93. The lowest BCUT2D eigenvalue weighted by Crippen LogP contribution is -2.06. The van der Waals surface area contributed by atoms with Crippen LogP contribution in [0.3, 0.4) is 0 Å². The zero-order valence-electron chi connectivity index (χ0n) is 9.64. The van der Waals surface area contributed by atoms with Gasteiger partial charge in [-0.1, -0.05) is 17.3 Å². The van der Waals surface area contributed by atoms with Gasteiger partial charge in [0.25, 0.3) is 0 Å². The Bertz CT molecular complexity index is 548. The van der Waals surface area contributed by atoms with Crippen molar-refractivity contribution in [1.29, 1.82) is 0 Å². The number of nitrogens with zero attached hydrogens (tertiary/aromatic N) is 1. The number of rotatable bonds is 2. The molecule has 2 N–H and O–H groups in total. The molecule has 0 saturated carbocycles. The Balaban J connectivity index is 2.16. The van der Waals surface area contributed by atoms with Gasteiger partial charge < -0.3 is 15.0 Å². The van der Waals surface area contributed by atoms with Gasteiger partial charge in [-0.2, -0.15) is 0 Å². The molecule has 4 heteroatoms. The first-order chi connectivity index (χ1) is 8.31. The molecule has 4 nitrogen and oxygen atoms in total. The van der Waals surface area contributed by atoms with Crippen LogP contribution in [0, 0.1) is 0 Å². The van der Waals surface area contributed by atoms with E-state index in [1.807, 2.05) is 24.3 Å². The second kappa shape index (κ2) is 3.89. The molecule has 88 valence electrons. The monoisotopic (exact) mass is 230 g/mol. The highest BCUT2D eigenvalue weighted by Crippen LogP contribution is 2.39. The summed E-state index contributed by atoms with van der Waals surface area (Å²) in [5.41, 5.74) is 8.88. The van der Waals surface area contributed by atoms with Crippen molar-refractivity contribution in [2.75, 3.05) is 7.11 Å². The Hall–Kier alpha value is -1.81. The van der Waals surface area contributed by atoms with E-state index in [1.54, 1.807) is 7.11 Å². The Labute approximate surface area is 99.4 Å². The maximum atomic E-state index is 6.08. The van der Waals surface area contributed by atoms with Crippen LogP contribution < -0.4 is 10.5 Å². The van der Waals surface area contributed by atoms with Crippen LogP contribution >= 0.6 is 0 Å². The molecule has 0 aliphatic heterocycles.